The summed E-state index contributed by atoms with van der Waals surface area (Å²) in [4.78, 5) is 10.9. The molecule has 1 atom stereocenters. The molecule has 0 aliphatic rings. The molecule has 0 bridgehead atoms. The third-order valence-electron chi connectivity index (χ3n) is 1.32. The van der Waals surface area contributed by atoms with E-state index in [4.69, 9.17) is 4.74 Å². The van der Waals surface area contributed by atoms with Gasteiger partial charge in [0.25, 0.3) is 0 Å². The average molecular weight is 161 g/mol. The minimum Gasteiger partial charge on any atom is -0.468 e. The van der Waals surface area contributed by atoms with Gasteiger partial charge < -0.3 is 14.8 Å². The van der Waals surface area contributed by atoms with Gasteiger partial charge in [-0.3, -0.25) is 4.79 Å². The number of nitrogens with one attached hydrogen (secondary N) is 1. The van der Waals surface area contributed by atoms with Gasteiger partial charge in [0, 0.05) is 6.61 Å². The molecule has 0 fully saturated rings. The Hall–Kier alpha value is -0.610. The molecule has 0 heterocycles. The Labute approximate surface area is 66.9 Å². The van der Waals surface area contributed by atoms with Gasteiger partial charge in [-0.05, 0) is 14.0 Å². The van der Waals surface area contributed by atoms with Crippen LogP contribution in [0.5, 0.6) is 0 Å². The van der Waals surface area contributed by atoms with Crippen LogP contribution in [-0.4, -0.2) is 39.4 Å². The summed E-state index contributed by atoms with van der Waals surface area (Å²) in [5.41, 5.74) is 0. The van der Waals surface area contributed by atoms with Crippen LogP contribution in [0.4, 0.5) is 0 Å². The Morgan fingerprint density at radius 3 is 2.64 bits per heavy atom. The molecule has 0 aromatic carbocycles. The number of rotatable bonds is 5. The zero-order valence-corrected chi connectivity index (χ0v) is 7.22. The summed E-state index contributed by atoms with van der Waals surface area (Å²) in [7, 11) is 3.05. The van der Waals surface area contributed by atoms with Crippen LogP contribution < -0.4 is 5.32 Å². The van der Waals surface area contributed by atoms with Gasteiger partial charge in [0.2, 0.25) is 0 Å². The summed E-state index contributed by atoms with van der Waals surface area (Å²) in [5, 5.41) is 2.79. The molecular formula is C7H15NO3. The Kier molecular flexibility index (Phi) is 5.78. The van der Waals surface area contributed by atoms with E-state index >= 15 is 0 Å². The lowest BCUT2D eigenvalue weighted by atomic mass is 10.3. The number of hydrogen-bond acceptors (Lipinski definition) is 4. The third-order valence-corrected chi connectivity index (χ3v) is 1.32. The summed E-state index contributed by atoms with van der Waals surface area (Å²) in [5.74, 6) is -0.291. The summed E-state index contributed by atoms with van der Waals surface area (Å²) in [6.45, 7) is 2.85. The molecule has 0 rings (SSSR count). The Bertz CT molecular complexity index is 116. The van der Waals surface area contributed by atoms with Crippen molar-refractivity contribution < 1.29 is 14.3 Å². The summed E-state index contributed by atoms with van der Waals surface area (Å²) >= 11 is 0. The smallest absolute Gasteiger partial charge is 0.325 e. The highest BCUT2D eigenvalue weighted by Crippen LogP contribution is 1.88. The van der Waals surface area contributed by atoms with Crippen LogP contribution in [0.3, 0.4) is 0 Å². The largest absolute Gasteiger partial charge is 0.468 e. The van der Waals surface area contributed by atoms with E-state index in [0.29, 0.717) is 13.2 Å². The SMILES string of the molecule is CCOC[C@H](NC)C(=O)OC. The maximum Gasteiger partial charge on any atom is 0.325 e. The van der Waals surface area contributed by atoms with Crippen LogP contribution in [0.2, 0.25) is 0 Å². The molecule has 0 aliphatic heterocycles. The molecule has 11 heavy (non-hydrogen) atoms. The topological polar surface area (TPSA) is 47.6 Å². The van der Waals surface area contributed by atoms with Gasteiger partial charge >= 0.3 is 5.97 Å². The third kappa shape index (κ3) is 3.95. The van der Waals surface area contributed by atoms with Crippen molar-refractivity contribution in [3.8, 4) is 0 Å². The lowest BCUT2D eigenvalue weighted by molar-refractivity contribution is -0.144. The van der Waals surface area contributed by atoms with E-state index in [1.54, 1.807) is 7.05 Å². The minimum atomic E-state index is -0.347. The number of methoxy groups -OCH3 is 1. The van der Waals surface area contributed by atoms with Crippen molar-refractivity contribution in [2.24, 2.45) is 0 Å². The maximum atomic E-state index is 10.9. The van der Waals surface area contributed by atoms with Crippen molar-refractivity contribution in [2.75, 3.05) is 27.4 Å². The van der Waals surface area contributed by atoms with Gasteiger partial charge in [-0.1, -0.05) is 0 Å². The van der Waals surface area contributed by atoms with Crippen LogP contribution in [0.15, 0.2) is 0 Å². The number of esters is 1. The van der Waals surface area contributed by atoms with Crippen molar-refractivity contribution in [1.29, 1.82) is 0 Å². The van der Waals surface area contributed by atoms with Crippen molar-refractivity contribution in [3.63, 3.8) is 0 Å². The molecule has 0 aromatic heterocycles. The highest BCUT2D eigenvalue weighted by molar-refractivity contribution is 5.75. The molecule has 0 saturated carbocycles. The van der Waals surface area contributed by atoms with E-state index in [0.717, 1.165) is 0 Å². The lowest BCUT2D eigenvalue weighted by Crippen LogP contribution is -2.39. The van der Waals surface area contributed by atoms with E-state index in [9.17, 15) is 4.79 Å². The number of carbonyl (C=O) groups excluding carboxylic acids is 1. The fourth-order valence-electron chi connectivity index (χ4n) is 0.647. The molecule has 1 N–H and O–H groups in total. The van der Waals surface area contributed by atoms with E-state index in [1.165, 1.54) is 7.11 Å². The van der Waals surface area contributed by atoms with Crippen LogP contribution >= 0.6 is 0 Å². The van der Waals surface area contributed by atoms with E-state index in [1.807, 2.05) is 6.92 Å². The second kappa shape index (κ2) is 6.12. The van der Waals surface area contributed by atoms with Gasteiger partial charge in [-0.15, -0.1) is 0 Å². The van der Waals surface area contributed by atoms with Crippen LogP contribution in [0.25, 0.3) is 0 Å². The number of ether oxygens (including phenoxy) is 2. The normalized spacial score (nSPS) is 12.6. The fourth-order valence-corrected chi connectivity index (χ4v) is 0.647. The lowest BCUT2D eigenvalue weighted by Gasteiger charge is -2.12. The fraction of sp³-hybridized carbons (Fsp3) is 0.857. The monoisotopic (exact) mass is 161 g/mol. The van der Waals surface area contributed by atoms with E-state index in [-0.39, 0.29) is 12.0 Å². The Morgan fingerprint density at radius 2 is 2.27 bits per heavy atom. The molecule has 0 saturated heterocycles. The zero-order chi connectivity index (χ0) is 8.69. The molecule has 4 heteroatoms. The number of hydrogen-bond donors (Lipinski definition) is 1. The zero-order valence-electron chi connectivity index (χ0n) is 7.22. The first-order chi connectivity index (χ1) is 5.26. The van der Waals surface area contributed by atoms with Crippen molar-refractivity contribution in [3.05, 3.63) is 0 Å². The van der Waals surface area contributed by atoms with Gasteiger partial charge in [0.15, 0.2) is 0 Å². The van der Waals surface area contributed by atoms with Crippen molar-refractivity contribution in [1.82, 2.24) is 5.32 Å². The van der Waals surface area contributed by atoms with Crippen molar-refractivity contribution >= 4 is 5.97 Å². The van der Waals surface area contributed by atoms with Gasteiger partial charge in [-0.2, -0.15) is 0 Å². The molecule has 0 unspecified atom stereocenters. The molecule has 0 spiro atoms. The number of likely N-dealkylation sites (N-methyl/N-ethyl adjacent to an activating group) is 1. The predicted molar refractivity (Wildman–Crippen MR) is 41.4 cm³/mol. The van der Waals surface area contributed by atoms with Gasteiger partial charge in [0.05, 0.1) is 13.7 Å². The molecule has 4 nitrogen and oxygen atoms in total. The first-order valence-corrected chi connectivity index (χ1v) is 3.59. The number of carbonyl (C=O) groups is 1. The summed E-state index contributed by atoms with van der Waals surface area (Å²) in [6.07, 6.45) is 0. The maximum absolute atomic E-state index is 10.9. The van der Waals surface area contributed by atoms with Crippen molar-refractivity contribution in [2.45, 2.75) is 13.0 Å². The molecule has 0 aliphatic carbocycles. The average Bonchev–Trinajstić information content (AvgIpc) is 2.05. The minimum absolute atomic E-state index is 0.291. The Balaban J connectivity index is 3.65. The van der Waals surface area contributed by atoms with Crippen LogP contribution in [-0.2, 0) is 14.3 Å². The first-order valence-electron chi connectivity index (χ1n) is 3.59. The summed E-state index contributed by atoms with van der Waals surface area (Å²) < 4.78 is 9.57. The van der Waals surface area contributed by atoms with E-state index in [2.05, 4.69) is 10.1 Å². The molecule has 66 valence electrons. The van der Waals surface area contributed by atoms with Gasteiger partial charge in [0.1, 0.15) is 6.04 Å². The standard InChI is InChI=1S/C7H15NO3/c1-4-11-5-6(8-2)7(9)10-3/h6,8H,4-5H2,1-3H3/t6-/m0/s1. The molecule has 0 amide bonds. The van der Waals surface area contributed by atoms with Crippen LogP contribution in [0.1, 0.15) is 6.92 Å². The highest BCUT2D eigenvalue weighted by Gasteiger charge is 2.15. The first kappa shape index (κ1) is 10.4. The highest BCUT2D eigenvalue weighted by atomic mass is 16.5. The summed E-state index contributed by atoms with van der Waals surface area (Å²) in [6, 6.07) is -0.347. The second-order valence-corrected chi connectivity index (χ2v) is 2.02. The van der Waals surface area contributed by atoms with Gasteiger partial charge in [-0.25, -0.2) is 0 Å². The van der Waals surface area contributed by atoms with E-state index < -0.39 is 0 Å². The van der Waals surface area contributed by atoms with Crippen LogP contribution in [0, 0.1) is 0 Å². The second-order valence-electron chi connectivity index (χ2n) is 2.02. The quantitative estimate of drug-likeness (QED) is 0.566. The molecular weight excluding hydrogens is 146 g/mol. The molecule has 0 aromatic rings. The Morgan fingerprint density at radius 1 is 1.64 bits per heavy atom. The predicted octanol–water partition coefficient (Wildman–Crippen LogP) is -0.216. The molecule has 0 radical (unpaired) electrons.